The van der Waals surface area contributed by atoms with E-state index in [2.05, 4.69) is 5.32 Å². The van der Waals surface area contributed by atoms with Gasteiger partial charge in [0.25, 0.3) is 5.91 Å². The fraction of sp³-hybridized carbons (Fsp3) is 0.316. The van der Waals surface area contributed by atoms with Crippen molar-refractivity contribution < 1.29 is 13.2 Å². The van der Waals surface area contributed by atoms with Crippen LogP contribution in [0, 0.1) is 0 Å². The van der Waals surface area contributed by atoms with E-state index in [1.807, 2.05) is 0 Å². The highest BCUT2D eigenvalue weighted by atomic mass is 32.2. The molecule has 7 heteroatoms. The minimum Gasteiger partial charge on any atom is -0.399 e. The second-order valence-electron chi connectivity index (χ2n) is 6.42. The molecule has 1 fully saturated rings. The summed E-state index contributed by atoms with van der Waals surface area (Å²) >= 11 is 0. The first-order valence-corrected chi connectivity index (χ1v) is 10.1. The lowest BCUT2D eigenvalue weighted by Crippen LogP contribution is -2.35. The number of rotatable bonds is 5. The van der Waals surface area contributed by atoms with E-state index in [1.54, 1.807) is 52.8 Å². The number of carbonyl (C=O) groups excluding carboxylic acids is 1. The van der Waals surface area contributed by atoms with Crippen LogP contribution in [-0.4, -0.2) is 31.7 Å². The fourth-order valence-electron chi connectivity index (χ4n) is 3.00. The number of piperidine rings is 1. The van der Waals surface area contributed by atoms with Gasteiger partial charge < -0.3 is 11.1 Å². The molecule has 0 spiro atoms. The molecule has 0 aliphatic carbocycles. The van der Waals surface area contributed by atoms with Gasteiger partial charge in [-0.25, -0.2) is 8.42 Å². The first-order valence-electron chi connectivity index (χ1n) is 8.70. The maximum atomic E-state index is 12.6. The topological polar surface area (TPSA) is 92.5 Å². The third-order valence-corrected chi connectivity index (χ3v) is 6.39. The van der Waals surface area contributed by atoms with Gasteiger partial charge in [0.05, 0.1) is 4.90 Å². The number of hydrogen-bond acceptors (Lipinski definition) is 4. The average molecular weight is 373 g/mol. The first kappa shape index (κ1) is 18.4. The number of nitrogens with zero attached hydrogens (tertiary/aromatic N) is 1. The number of amides is 1. The van der Waals surface area contributed by atoms with Crippen LogP contribution in [0.1, 0.15) is 35.2 Å². The number of anilines is 1. The molecule has 3 rings (SSSR count). The van der Waals surface area contributed by atoms with E-state index in [9.17, 15) is 13.2 Å². The highest BCUT2D eigenvalue weighted by Gasteiger charge is 2.25. The summed E-state index contributed by atoms with van der Waals surface area (Å²) in [4.78, 5) is 12.4. The van der Waals surface area contributed by atoms with Gasteiger partial charge in [0, 0.05) is 30.9 Å². The average Bonchev–Trinajstić information content (AvgIpc) is 2.67. The Kier molecular flexibility index (Phi) is 5.58. The van der Waals surface area contributed by atoms with E-state index < -0.39 is 10.0 Å². The normalized spacial score (nSPS) is 15.5. The predicted octanol–water partition coefficient (Wildman–Crippen LogP) is 2.37. The number of nitrogens with two attached hydrogens (primary N) is 1. The van der Waals surface area contributed by atoms with Crippen LogP contribution in [0.25, 0.3) is 0 Å². The Bertz CT molecular complexity index is 873. The summed E-state index contributed by atoms with van der Waals surface area (Å²) in [5, 5.41) is 2.81. The predicted molar refractivity (Wildman–Crippen MR) is 101 cm³/mol. The van der Waals surface area contributed by atoms with Crippen molar-refractivity contribution in [3.8, 4) is 0 Å². The van der Waals surface area contributed by atoms with Gasteiger partial charge in [0.2, 0.25) is 10.0 Å². The summed E-state index contributed by atoms with van der Waals surface area (Å²) in [7, 11) is -3.43. The van der Waals surface area contributed by atoms with E-state index in [0.717, 1.165) is 24.8 Å². The lowest BCUT2D eigenvalue weighted by molar-refractivity contribution is 0.0951. The molecule has 2 aromatic carbocycles. The molecule has 1 amide bonds. The van der Waals surface area contributed by atoms with Crippen LogP contribution in [-0.2, 0) is 16.6 Å². The van der Waals surface area contributed by atoms with Crippen molar-refractivity contribution in [1.29, 1.82) is 0 Å². The van der Waals surface area contributed by atoms with Crippen molar-refractivity contribution in [2.45, 2.75) is 30.7 Å². The molecule has 1 saturated heterocycles. The molecule has 0 atom stereocenters. The quantitative estimate of drug-likeness (QED) is 0.787. The molecule has 6 nitrogen and oxygen atoms in total. The molecule has 0 saturated carbocycles. The summed E-state index contributed by atoms with van der Waals surface area (Å²) in [6.45, 7) is 1.48. The van der Waals surface area contributed by atoms with Crippen LogP contribution in [0.2, 0.25) is 0 Å². The molecule has 0 aromatic heterocycles. The number of benzene rings is 2. The summed E-state index contributed by atoms with van der Waals surface area (Å²) in [6.07, 6.45) is 2.90. The highest BCUT2D eigenvalue weighted by Crippen LogP contribution is 2.20. The molecule has 0 radical (unpaired) electrons. The van der Waals surface area contributed by atoms with E-state index in [-0.39, 0.29) is 5.91 Å². The largest absolute Gasteiger partial charge is 0.399 e. The zero-order chi connectivity index (χ0) is 18.6. The Hall–Kier alpha value is -2.38. The van der Waals surface area contributed by atoms with Crippen molar-refractivity contribution >= 4 is 21.6 Å². The van der Waals surface area contributed by atoms with Crippen LogP contribution in [0.15, 0.2) is 53.4 Å². The molecule has 1 aliphatic heterocycles. The molecule has 138 valence electrons. The fourth-order valence-corrected chi connectivity index (χ4v) is 4.51. The molecule has 0 unspecified atom stereocenters. The molecule has 2 aromatic rings. The number of hydrogen-bond donors (Lipinski definition) is 2. The Labute approximate surface area is 154 Å². The lowest BCUT2D eigenvalue weighted by atomic mass is 10.2. The van der Waals surface area contributed by atoms with Crippen LogP contribution in [0.4, 0.5) is 5.69 Å². The second kappa shape index (κ2) is 7.88. The third kappa shape index (κ3) is 4.23. The number of nitrogen functional groups attached to an aromatic ring is 1. The first-order chi connectivity index (χ1) is 12.5. The molecule has 26 heavy (non-hydrogen) atoms. The standard InChI is InChI=1S/C19H23N3O3S/c20-17-6-4-5-16(13-17)19(23)21-14-15-7-9-18(10-8-15)26(24,25)22-11-2-1-3-12-22/h4-10,13H,1-3,11-12,14,20H2,(H,21,23). The number of nitrogens with one attached hydrogen (secondary N) is 1. The minimum atomic E-state index is -3.43. The van der Waals surface area contributed by atoms with Gasteiger partial charge >= 0.3 is 0 Å². The summed E-state index contributed by atoms with van der Waals surface area (Å²) in [6, 6.07) is 13.4. The molecular formula is C19H23N3O3S. The van der Waals surface area contributed by atoms with Crippen LogP contribution < -0.4 is 11.1 Å². The summed E-state index contributed by atoms with van der Waals surface area (Å²) in [5.41, 5.74) is 7.54. The van der Waals surface area contributed by atoms with E-state index in [4.69, 9.17) is 5.73 Å². The van der Waals surface area contributed by atoms with Gasteiger partial charge in [-0.2, -0.15) is 4.31 Å². The van der Waals surface area contributed by atoms with Crippen LogP contribution >= 0.6 is 0 Å². The summed E-state index contributed by atoms with van der Waals surface area (Å²) in [5.74, 6) is -0.220. The van der Waals surface area contributed by atoms with Crippen LogP contribution in [0.3, 0.4) is 0 Å². The van der Waals surface area contributed by atoms with Gasteiger partial charge in [-0.3, -0.25) is 4.79 Å². The van der Waals surface area contributed by atoms with Gasteiger partial charge in [-0.1, -0.05) is 24.6 Å². The smallest absolute Gasteiger partial charge is 0.251 e. The molecular weight excluding hydrogens is 350 g/mol. The lowest BCUT2D eigenvalue weighted by Gasteiger charge is -2.25. The van der Waals surface area contributed by atoms with E-state index in [0.29, 0.717) is 35.8 Å². The van der Waals surface area contributed by atoms with Crippen molar-refractivity contribution in [1.82, 2.24) is 9.62 Å². The zero-order valence-corrected chi connectivity index (χ0v) is 15.3. The summed E-state index contributed by atoms with van der Waals surface area (Å²) < 4.78 is 26.8. The second-order valence-corrected chi connectivity index (χ2v) is 8.35. The zero-order valence-electron chi connectivity index (χ0n) is 14.5. The number of carbonyl (C=O) groups is 1. The molecule has 3 N–H and O–H groups in total. The Balaban J connectivity index is 1.63. The Morgan fingerprint density at radius 2 is 1.73 bits per heavy atom. The van der Waals surface area contributed by atoms with Crippen molar-refractivity contribution in [3.05, 3.63) is 59.7 Å². The Morgan fingerprint density at radius 1 is 1.04 bits per heavy atom. The van der Waals surface area contributed by atoms with E-state index >= 15 is 0 Å². The third-order valence-electron chi connectivity index (χ3n) is 4.48. The van der Waals surface area contributed by atoms with Gasteiger partial charge in [-0.05, 0) is 48.7 Å². The molecule has 1 heterocycles. The maximum Gasteiger partial charge on any atom is 0.251 e. The van der Waals surface area contributed by atoms with Crippen molar-refractivity contribution in [3.63, 3.8) is 0 Å². The molecule has 0 bridgehead atoms. The van der Waals surface area contributed by atoms with Gasteiger partial charge in [-0.15, -0.1) is 0 Å². The minimum absolute atomic E-state index is 0.220. The Morgan fingerprint density at radius 3 is 2.38 bits per heavy atom. The highest BCUT2D eigenvalue weighted by molar-refractivity contribution is 7.89. The monoisotopic (exact) mass is 373 g/mol. The molecule has 1 aliphatic rings. The van der Waals surface area contributed by atoms with Crippen LogP contribution in [0.5, 0.6) is 0 Å². The SMILES string of the molecule is Nc1cccc(C(=O)NCc2ccc(S(=O)(=O)N3CCCCC3)cc2)c1. The van der Waals surface area contributed by atoms with E-state index in [1.165, 1.54) is 0 Å². The maximum absolute atomic E-state index is 12.6. The van der Waals surface area contributed by atoms with Gasteiger partial charge in [0.1, 0.15) is 0 Å². The van der Waals surface area contributed by atoms with Gasteiger partial charge in [0.15, 0.2) is 0 Å². The van der Waals surface area contributed by atoms with Crippen molar-refractivity contribution in [2.24, 2.45) is 0 Å². The van der Waals surface area contributed by atoms with Crippen molar-refractivity contribution in [2.75, 3.05) is 18.8 Å². The number of sulfonamides is 1.